The van der Waals surface area contributed by atoms with Crippen LogP contribution in [-0.2, 0) is 16.4 Å². The molecule has 0 radical (unpaired) electrons. The molecule has 9 nitrogen and oxygen atoms in total. The number of benzene rings is 1. The van der Waals surface area contributed by atoms with Gasteiger partial charge in [0.25, 0.3) is 0 Å². The number of hydrogen-bond donors (Lipinski definition) is 0. The first-order valence-corrected chi connectivity index (χ1v) is 13.9. The van der Waals surface area contributed by atoms with Crippen molar-refractivity contribution in [2.24, 2.45) is 0 Å². The van der Waals surface area contributed by atoms with Crippen molar-refractivity contribution in [1.29, 1.82) is 0 Å². The third kappa shape index (κ3) is 3.81. The van der Waals surface area contributed by atoms with Crippen LogP contribution in [0.2, 0.25) is 0 Å². The van der Waals surface area contributed by atoms with E-state index in [0.29, 0.717) is 32.1 Å². The van der Waals surface area contributed by atoms with Gasteiger partial charge in [-0.05, 0) is 58.6 Å². The number of sulfonamides is 1. The second-order valence-electron chi connectivity index (χ2n) is 8.81. The number of piperazine rings is 1. The van der Waals surface area contributed by atoms with E-state index in [0.717, 1.165) is 51.5 Å². The SMILES string of the molecule is CS(=O)(=O)N1CCN(c2ncc3cc4ccn(N5CCCc6cc(Br)cnc65)c4cc3n2)CC1. The van der Waals surface area contributed by atoms with Crippen LogP contribution in [0.15, 0.2) is 47.3 Å². The smallest absolute Gasteiger partial charge is 0.225 e. The highest BCUT2D eigenvalue weighted by atomic mass is 79.9. The third-order valence-corrected chi connectivity index (χ3v) is 8.32. The molecule has 1 aromatic carbocycles. The summed E-state index contributed by atoms with van der Waals surface area (Å²) in [6, 6.07) is 8.49. The minimum absolute atomic E-state index is 0.444. The molecule has 4 aromatic rings. The maximum absolute atomic E-state index is 11.8. The van der Waals surface area contributed by atoms with Crippen molar-refractivity contribution in [1.82, 2.24) is 23.9 Å². The second-order valence-corrected chi connectivity index (χ2v) is 11.7. The largest absolute Gasteiger partial charge is 0.338 e. The zero-order valence-electron chi connectivity index (χ0n) is 18.7. The summed E-state index contributed by atoms with van der Waals surface area (Å²) in [5.74, 6) is 1.62. The fourth-order valence-electron chi connectivity index (χ4n) is 4.85. The molecule has 1 fully saturated rings. The van der Waals surface area contributed by atoms with E-state index in [1.165, 1.54) is 16.1 Å². The van der Waals surface area contributed by atoms with Gasteiger partial charge in [-0.1, -0.05) is 0 Å². The van der Waals surface area contributed by atoms with Gasteiger partial charge in [0.2, 0.25) is 16.0 Å². The summed E-state index contributed by atoms with van der Waals surface area (Å²) >= 11 is 3.54. The fourth-order valence-corrected chi connectivity index (χ4v) is 6.05. The highest BCUT2D eigenvalue weighted by Gasteiger charge is 2.25. The number of fused-ring (bicyclic) bond motifs is 3. The first-order valence-electron chi connectivity index (χ1n) is 11.3. The minimum Gasteiger partial charge on any atom is -0.338 e. The molecule has 2 aliphatic heterocycles. The normalized spacial score (nSPS) is 17.5. The molecule has 0 amide bonds. The Hall–Kier alpha value is -2.76. The topological polar surface area (TPSA) is 87.5 Å². The number of aryl methyl sites for hydroxylation is 1. The summed E-state index contributed by atoms with van der Waals surface area (Å²) in [7, 11) is -3.17. The first kappa shape index (κ1) is 21.8. The number of hydrogen-bond acceptors (Lipinski definition) is 7. The van der Waals surface area contributed by atoms with Crippen molar-refractivity contribution < 1.29 is 8.42 Å². The molecule has 0 saturated carbocycles. The number of pyridine rings is 1. The summed E-state index contributed by atoms with van der Waals surface area (Å²) < 4.78 is 28.3. The Morgan fingerprint density at radius 1 is 0.971 bits per heavy atom. The van der Waals surface area contributed by atoms with Gasteiger partial charge in [0.05, 0.1) is 17.3 Å². The Kier molecular flexibility index (Phi) is 5.23. The maximum atomic E-state index is 11.8. The zero-order valence-corrected chi connectivity index (χ0v) is 21.1. The van der Waals surface area contributed by atoms with Crippen molar-refractivity contribution in [2.75, 3.05) is 48.9 Å². The van der Waals surface area contributed by atoms with Gasteiger partial charge in [0.1, 0.15) is 0 Å². The third-order valence-electron chi connectivity index (χ3n) is 6.58. The van der Waals surface area contributed by atoms with Crippen LogP contribution in [0, 0.1) is 0 Å². The molecule has 3 aromatic heterocycles. The Morgan fingerprint density at radius 3 is 2.59 bits per heavy atom. The van der Waals surface area contributed by atoms with Gasteiger partial charge < -0.3 is 4.90 Å². The van der Waals surface area contributed by atoms with E-state index in [9.17, 15) is 8.42 Å². The predicted octanol–water partition coefficient (Wildman–Crippen LogP) is 3.04. The highest BCUT2D eigenvalue weighted by molar-refractivity contribution is 9.10. The van der Waals surface area contributed by atoms with E-state index in [2.05, 4.69) is 61.1 Å². The van der Waals surface area contributed by atoms with Crippen molar-refractivity contribution in [2.45, 2.75) is 12.8 Å². The second kappa shape index (κ2) is 8.17. The van der Waals surface area contributed by atoms with Gasteiger partial charge in [0.15, 0.2) is 5.82 Å². The number of halogens is 1. The molecule has 0 unspecified atom stereocenters. The van der Waals surface area contributed by atoms with Crippen molar-refractivity contribution >= 4 is 59.5 Å². The molecule has 1 saturated heterocycles. The van der Waals surface area contributed by atoms with Crippen LogP contribution in [0.4, 0.5) is 11.8 Å². The van der Waals surface area contributed by atoms with Gasteiger partial charge >= 0.3 is 0 Å². The minimum atomic E-state index is -3.17. The lowest BCUT2D eigenvalue weighted by atomic mass is 10.1. The molecule has 34 heavy (non-hydrogen) atoms. The highest BCUT2D eigenvalue weighted by Crippen LogP contribution is 2.31. The lowest BCUT2D eigenvalue weighted by molar-refractivity contribution is 0.386. The molecule has 2 aliphatic rings. The van der Waals surface area contributed by atoms with Crippen molar-refractivity contribution in [3.8, 4) is 0 Å². The van der Waals surface area contributed by atoms with E-state index in [1.807, 2.05) is 17.3 Å². The van der Waals surface area contributed by atoms with Crippen molar-refractivity contribution in [3.05, 3.63) is 52.9 Å². The fraction of sp³-hybridized carbons (Fsp3) is 0.348. The van der Waals surface area contributed by atoms with E-state index in [-0.39, 0.29) is 0 Å². The first-order chi connectivity index (χ1) is 16.4. The Bertz CT molecular complexity index is 1510. The van der Waals surface area contributed by atoms with Crippen LogP contribution >= 0.6 is 15.9 Å². The molecule has 6 rings (SSSR count). The lowest BCUT2D eigenvalue weighted by Gasteiger charge is -2.33. The standard InChI is InChI=1S/C23H24BrN7O2S/c1-34(32,33)29-9-7-28(8-10-29)23-26-14-18-11-16-4-6-30(21(16)13-20(18)27-23)31-5-2-3-17-12-19(24)15-25-22(17)31/h4,6,11-15H,2-3,5,7-10H2,1H3. The average Bonchev–Trinajstić information content (AvgIpc) is 3.23. The lowest BCUT2D eigenvalue weighted by Crippen LogP contribution is -2.48. The summed E-state index contributed by atoms with van der Waals surface area (Å²) in [6.45, 7) is 2.92. The van der Waals surface area contributed by atoms with E-state index in [4.69, 9.17) is 9.97 Å². The summed E-state index contributed by atoms with van der Waals surface area (Å²) in [6.07, 6.45) is 9.12. The van der Waals surface area contributed by atoms with Crippen molar-refractivity contribution in [3.63, 3.8) is 0 Å². The van der Waals surface area contributed by atoms with Gasteiger partial charge in [-0.2, -0.15) is 4.31 Å². The Balaban J connectivity index is 1.36. The van der Waals surface area contributed by atoms with Crippen LogP contribution in [0.5, 0.6) is 0 Å². The monoisotopic (exact) mass is 541 g/mol. The maximum Gasteiger partial charge on any atom is 0.225 e. The van der Waals surface area contributed by atoms with Crippen LogP contribution < -0.4 is 9.91 Å². The summed E-state index contributed by atoms with van der Waals surface area (Å²) in [4.78, 5) is 16.2. The molecular weight excluding hydrogens is 518 g/mol. The van der Waals surface area contributed by atoms with E-state index >= 15 is 0 Å². The molecule has 5 heterocycles. The predicted molar refractivity (Wildman–Crippen MR) is 137 cm³/mol. The Morgan fingerprint density at radius 2 is 1.79 bits per heavy atom. The summed E-state index contributed by atoms with van der Waals surface area (Å²) in [5, 5.41) is 4.33. The summed E-state index contributed by atoms with van der Waals surface area (Å²) in [5.41, 5.74) is 3.17. The molecule has 11 heteroatoms. The van der Waals surface area contributed by atoms with Crippen LogP contribution in [0.1, 0.15) is 12.0 Å². The van der Waals surface area contributed by atoms with Gasteiger partial charge in [-0.15, -0.1) is 0 Å². The average molecular weight is 542 g/mol. The number of nitrogens with zero attached hydrogens (tertiary/aromatic N) is 7. The van der Waals surface area contributed by atoms with E-state index < -0.39 is 10.0 Å². The number of rotatable bonds is 3. The molecule has 0 spiro atoms. The van der Waals surface area contributed by atoms with Gasteiger partial charge in [-0.25, -0.2) is 23.4 Å². The van der Waals surface area contributed by atoms with E-state index in [1.54, 1.807) is 0 Å². The quantitative estimate of drug-likeness (QED) is 0.393. The van der Waals surface area contributed by atoms with Gasteiger partial charge in [0, 0.05) is 66.6 Å². The molecule has 0 atom stereocenters. The molecule has 0 bridgehead atoms. The molecule has 0 aliphatic carbocycles. The van der Waals surface area contributed by atoms with Crippen LogP contribution in [0.25, 0.3) is 21.8 Å². The molecular formula is C23H24BrN7O2S. The van der Waals surface area contributed by atoms with Crippen LogP contribution in [-0.4, -0.2) is 71.3 Å². The van der Waals surface area contributed by atoms with Crippen LogP contribution in [0.3, 0.4) is 0 Å². The number of anilines is 2. The molecule has 176 valence electrons. The zero-order chi connectivity index (χ0) is 23.4. The Labute approximate surface area is 206 Å². The number of aromatic nitrogens is 4. The molecule has 0 N–H and O–H groups in total. The van der Waals surface area contributed by atoms with Gasteiger partial charge in [-0.3, -0.25) is 9.69 Å².